The zero-order valence-corrected chi connectivity index (χ0v) is 12.0. The van der Waals surface area contributed by atoms with Gasteiger partial charge in [-0.05, 0) is 17.7 Å². The Bertz CT molecular complexity index is 822. The number of aromatic nitrogens is 1. The Morgan fingerprint density at radius 2 is 1.64 bits per heavy atom. The molecule has 0 amide bonds. The van der Waals surface area contributed by atoms with E-state index in [1.807, 2.05) is 0 Å². The van der Waals surface area contributed by atoms with Crippen LogP contribution in [0.1, 0.15) is 5.56 Å². The Hall–Kier alpha value is -2.50. The second kappa shape index (κ2) is 5.05. The summed E-state index contributed by atoms with van der Waals surface area (Å²) in [6, 6.07) is 10.8. The number of benzene rings is 2. The molecule has 1 heterocycles. The Morgan fingerprint density at radius 3 is 2.32 bits per heavy atom. The molecular formula is C16H13F3N2O. The van der Waals surface area contributed by atoms with E-state index in [4.69, 9.17) is 4.42 Å². The van der Waals surface area contributed by atoms with Crippen molar-refractivity contribution < 1.29 is 17.6 Å². The van der Waals surface area contributed by atoms with Crippen LogP contribution in [0.4, 0.5) is 19.2 Å². The molecule has 0 fully saturated rings. The molecule has 114 valence electrons. The highest BCUT2D eigenvalue weighted by molar-refractivity contribution is 5.92. The quantitative estimate of drug-likeness (QED) is 0.694. The molecule has 0 bridgehead atoms. The minimum atomic E-state index is -4.42. The van der Waals surface area contributed by atoms with Crippen molar-refractivity contribution in [3.63, 3.8) is 0 Å². The molecule has 3 aromatic rings. The Labute approximate surface area is 125 Å². The lowest BCUT2D eigenvalue weighted by atomic mass is 9.98. The third-order valence-electron chi connectivity index (χ3n) is 3.31. The summed E-state index contributed by atoms with van der Waals surface area (Å²) in [5, 5.41) is 0. The van der Waals surface area contributed by atoms with E-state index >= 15 is 0 Å². The van der Waals surface area contributed by atoms with Gasteiger partial charge >= 0.3 is 6.18 Å². The summed E-state index contributed by atoms with van der Waals surface area (Å²) < 4.78 is 45.2. The molecule has 0 atom stereocenters. The van der Waals surface area contributed by atoms with Crippen molar-refractivity contribution in [1.82, 2.24) is 4.98 Å². The maximum Gasteiger partial charge on any atom is 0.417 e. The highest BCUT2D eigenvalue weighted by Crippen LogP contribution is 2.39. The predicted octanol–water partition coefficient (Wildman–Crippen LogP) is 4.58. The molecule has 3 nitrogen and oxygen atoms in total. The zero-order chi connectivity index (χ0) is 15.9. The van der Waals surface area contributed by atoms with Crippen LogP contribution >= 0.6 is 0 Å². The molecule has 0 N–H and O–H groups in total. The van der Waals surface area contributed by atoms with Crippen LogP contribution in [0.2, 0.25) is 0 Å². The number of rotatable bonds is 2. The minimum Gasteiger partial charge on any atom is -0.423 e. The topological polar surface area (TPSA) is 29.3 Å². The van der Waals surface area contributed by atoms with Crippen molar-refractivity contribution in [3.05, 3.63) is 48.0 Å². The summed E-state index contributed by atoms with van der Waals surface area (Å²) in [6.07, 6.45) is -4.42. The first-order chi connectivity index (χ1) is 10.4. The van der Waals surface area contributed by atoms with Crippen LogP contribution in [0.15, 0.2) is 46.9 Å². The molecule has 6 heteroatoms. The van der Waals surface area contributed by atoms with E-state index in [0.29, 0.717) is 22.7 Å². The third-order valence-corrected chi connectivity index (χ3v) is 3.31. The van der Waals surface area contributed by atoms with E-state index in [2.05, 4.69) is 4.98 Å². The fourth-order valence-corrected chi connectivity index (χ4v) is 2.31. The first-order valence-electron chi connectivity index (χ1n) is 6.61. The standard InChI is InChI=1S/C16H13F3N2O/c1-21(2)15-20-14-11(7-5-9-13(14)22-15)10-6-3-4-8-12(10)16(17,18)19/h3-9H,1-2H3. The summed E-state index contributed by atoms with van der Waals surface area (Å²) in [7, 11) is 3.52. The van der Waals surface area contributed by atoms with Gasteiger partial charge in [-0.25, -0.2) is 0 Å². The number of hydrogen-bond acceptors (Lipinski definition) is 3. The fourth-order valence-electron chi connectivity index (χ4n) is 2.31. The van der Waals surface area contributed by atoms with Crippen LogP contribution in [0.5, 0.6) is 0 Å². The second-order valence-electron chi connectivity index (χ2n) is 5.09. The Balaban J connectivity index is 2.28. The number of halogens is 3. The Kier molecular flexibility index (Phi) is 3.31. The van der Waals surface area contributed by atoms with Crippen LogP contribution in [0.3, 0.4) is 0 Å². The van der Waals surface area contributed by atoms with E-state index in [1.165, 1.54) is 12.1 Å². The molecule has 3 rings (SSSR count). The normalized spacial score (nSPS) is 11.9. The molecule has 0 saturated heterocycles. The van der Waals surface area contributed by atoms with E-state index in [-0.39, 0.29) is 5.56 Å². The highest BCUT2D eigenvalue weighted by atomic mass is 19.4. The van der Waals surface area contributed by atoms with Crippen molar-refractivity contribution in [2.24, 2.45) is 0 Å². The summed E-state index contributed by atoms with van der Waals surface area (Å²) in [4.78, 5) is 5.97. The third kappa shape index (κ3) is 2.41. The molecule has 0 radical (unpaired) electrons. The number of alkyl halides is 3. The van der Waals surface area contributed by atoms with Gasteiger partial charge in [0, 0.05) is 19.7 Å². The number of fused-ring (bicyclic) bond motifs is 1. The first kappa shape index (κ1) is 14.4. The molecule has 0 saturated carbocycles. The number of para-hydroxylation sites is 1. The Morgan fingerprint density at radius 1 is 0.955 bits per heavy atom. The average molecular weight is 306 g/mol. The van der Waals surface area contributed by atoms with E-state index < -0.39 is 11.7 Å². The van der Waals surface area contributed by atoms with E-state index in [0.717, 1.165) is 6.07 Å². The van der Waals surface area contributed by atoms with Gasteiger partial charge in [-0.2, -0.15) is 18.2 Å². The van der Waals surface area contributed by atoms with Crippen LogP contribution in [0, 0.1) is 0 Å². The highest BCUT2D eigenvalue weighted by Gasteiger charge is 2.33. The zero-order valence-electron chi connectivity index (χ0n) is 12.0. The maximum atomic E-state index is 13.2. The van der Waals surface area contributed by atoms with Gasteiger partial charge in [-0.1, -0.05) is 30.3 Å². The molecule has 22 heavy (non-hydrogen) atoms. The maximum absolute atomic E-state index is 13.2. The van der Waals surface area contributed by atoms with Crippen molar-refractivity contribution in [2.45, 2.75) is 6.18 Å². The molecule has 0 aliphatic heterocycles. The molecule has 0 unspecified atom stereocenters. The number of nitrogens with zero attached hydrogens (tertiary/aromatic N) is 2. The van der Waals surface area contributed by atoms with Crippen molar-refractivity contribution in [2.75, 3.05) is 19.0 Å². The lowest BCUT2D eigenvalue weighted by Gasteiger charge is -2.12. The van der Waals surface area contributed by atoms with Gasteiger partial charge in [-0.3, -0.25) is 0 Å². The fraction of sp³-hybridized carbons (Fsp3) is 0.188. The number of hydrogen-bond donors (Lipinski definition) is 0. The lowest BCUT2D eigenvalue weighted by molar-refractivity contribution is -0.137. The van der Waals surface area contributed by atoms with Crippen molar-refractivity contribution in [3.8, 4) is 11.1 Å². The van der Waals surface area contributed by atoms with Gasteiger partial charge in [0.2, 0.25) is 0 Å². The van der Waals surface area contributed by atoms with E-state index in [9.17, 15) is 13.2 Å². The second-order valence-corrected chi connectivity index (χ2v) is 5.09. The van der Waals surface area contributed by atoms with Gasteiger partial charge in [0.1, 0.15) is 5.52 Å². The van der Waals surface area contributed by atoms with Gasteiger partial charge in [0.05, 0.1) is 5.56 Å². The van der Waals surface area contributed by atoms with Crippen LogP contribution < -0.4 is 4.90 Å². The number of oxazole rings is 1. The van der Waals surface area contributed by atoms with Crippen molar-refractivity contribution in [1.29, 1.82) is 0 Å². The van der Waals surface area contributed by atoms with Crippen molar-refractivity contribution >= 4 is 17.1 Å². The first-order valence-corrected chi connectivity index (χ1v) is 6.61. The molecular weight excluding hydrogens is 293 g/mol. The molecule has 0 aliphatic rings. The van der Waals surface area contributed by atoms with Gasteiger partial charge in [0.15, 0.2) is 5.58 Å². The molecule has 1 aromatic heterocycles. The van der Waals surface area contributed by atoms with Gasteiger partial charge in [-0.15, -0.1) is 0 Å². The average Bonchev–Trinajstić information content (AvgIpc) is 2.90. The van der Waals surface area contributed by atoms with Crippen LogP contribution in [-0.2, 0) is 6.18 Å². The summed E-state index contributed by atoms with van der Waals surface area (Å²) >= 11 is 0. The van der Waals surface area contributed by atoms with Gasteiger partial charge in [0.25, 0.3) is 6.01 Å². The summed E-state index contributed by atoms with van der Waals surface area (Å²) in [6.45, 7) is 0. The molecule has 2 aromatic carbocycles. The van der Waals surface area contributed by atoms with E-state index in [1.54, 1.807) is 43.3 Å². The summed E-state index contributed by atoms with van der Waals surface area (Å²) in [5.74, 6) is 0. The minimum absolute atomic E-state index is 0.0965. The molecule has 0 spiro atoms. The molecule has 0 aliphatic carbocycles. The lowest BCUT2D eigenvalue weighted by Crippen LogP contribution is -2.08. The SMILES string of the molecule is CN(C)c1nc2c(-c3ccccc3C(F)(F)F)cccc2o1. The van der Waals surface area contributed by atoms with Crippen LogP contribution in [0.25, 0.3) is 22.2 Å². The predicted molar refractivity (Wildman–Crippen MR) is 78.8 cm³/mol. The summed E-state index contributed by atoms with van der Waals surface area (Å²) in [5.41, 5.74) is 0.694. The van der Waals surface area contributed by atoms with Crippen LogP contribution in [-0.4, -0.2) is 19.1 Å². The monoisotopic (exact) mass is 306 g/mol. The smallest absolute Gasteiger partial charge is 0.417 e. The largest absolute Gasteiger partial charge is 0.423 e. The number of anilines is 1. The van der Waals surface area contributed by atoms with Gasteiger partial charge < -0.3 is 9.32 Å².